The third-order valence-corrected chi connectivity index (χ3v) is 8.38. The number of ether oxygens (including phenoxy) is 4. The van der Waals surface area contributed by atoms with Crippen LogP contribution >= 0.6 is 11.6 Å². The first-order chi connectivity index (χ1) is 20.1. The summed E-state index contributed by atoms with van der Waals surface area (Å²) in [5.74, 6) is 0.796. The number of methoxy groups -OCH3 is 2. The molecule has 3 unspecified atom stereocenters. The van der Waals surface area contributed by atoms with Crippen molar-refractivity contribution in [2.24, 2.45) is 4.99 Å². The number of nitrogens with one attached hydrogen (secondary N) is 1. The Morgan fingerprint density at radius 1 is 1.12 bits per heavy atom. The van der Waals surface area contributed by atoms with E-state index < -0.39 is 17.8 Å². The Bertz CT molecular complexity index is 1400. The Labute approximate surface area is 250 Å². The van der Waals surface area contributed by atoms with Crippen molar-refractivity contribution in [3.63, 3.8) is 0 Å². The third kappa shape index (κ3) is 5.49. The van der Waals surface area contributed by atoms with Gasteiger partial charge in [-0.1, -0.05) is 11.6 Å². The molecule has 1 saturated carbocycles. The van der Waals surface area contributed by atoms with Gasteiger partial charge in [0.1, 0.15) is 22.9 Å². The number of nitrogens with zero attached hydrogens (tertiary/aromatic N) is 4. The van der Waals surface area contributed by atoms with E-state index in [0.717, 1.165) is 31.2 Å². The van der Waals surface area contributed by atoms with Crippen molar-refractivity contribution >= 4 is 29.2 Å². The van der Waals surface area contributed by atoms with E-state index in [9.17, 15) is 4.79 Å². The van der Waals surface area contributed by atoms with Gasteiger partial charge in [0, 0.05) is 44.1 Å². The zero-order valence-electron chi connectivity index (χ0n) is 24.6. The molecule has 226 valence electrons. The minimum Gasteiger partial charge on any atom is -0.467 e. The largest absolute Gasteiger partial charge is 0.467 e. The molecule has 1 aromatic carbocycles. The minimum atomic E-state index is -0.790. The van der Waals surface area contributed by atoms with Gasteiger partial charge < -0.3 is 29.2 Å². The summed E-state index contributed by atoms with van der Waals surface area (Å²) in [5.41, 5.74) is 1.88. The first-order valence-electron chi connectivity index (χ1n) is 14.4. The van der Waals surface area contributed by atoms with Crippen LogP contribution in [-0.4, -0.2) is 84.9 Å². The van der Waals surface area contributed by atoms with Crippen molar-refractivity contribution in [3.05, 3.63) is 40.3 Å². The van der Waals surface area contributed by atoms with Gasteiger partial charge >= 0.3 is 6.09 Å². The summed E-state index contributed by atoms with van der Waals surface area (Å²) in [6.07, 6.45) is 4.26. The van der Waals surface area contributed by atoms with E-state index in [1.807, 2.05) is 25.7 Å². The lowest BCUT2D eigenvalue weighted by atomic mass is 9.97. The van der Waals surface area contributed by atoms with Crippen LogP contribution in [0.25, 0.3) is 11.3 Å². The molecule has 3 aliphatic heterocycles. The lowest BCUT2D eigenvalue weighted by Crippen LogP contribution is -2.58. The molecule has 2 saturated heterocycles. The summed E-state index contributed by atoms with van der Waals surface area (Å²) in [4.78, 5) is 26.4. The van der Waals surface area contributed by atoms with Crippen molar-refractivity contribution in [2.45, 2.75) is 76.4 Å². The van der Waals surface area contributed by atoms with Crippen molar-refractivity contribution in [3.8, 4) is 17.0 Å². The van der Waals surface area contributed by atoms with Gasteiger partial charge in [-0.3, -0.25) is 9.88 Å². The highest BCUT2D eigenvalue weighted by Crippen LogP contribution is 2.49. The number of fused-ring (bicyclic) bond motifs is 3. The molecule has 3 fully saturated rings. The van der Waals surface area contributed by atoms with Crippen LogP contribution in [0.2, 0.25) is 5.02 Å². The summed E-state index contributed by atoms with van der Waals surface area (Å²) in [7, 11) is 3.06. The molecule has 6 rings (SSSR count). The predicted molar refractivity (Wildman–Crippen MR) is 157 cm³/mol. The van der Waals surface area contributed by atoms with Gasteiger partial charge in [-0.2, -0.15) is 0 Å². The highest BCUT2D eigenvalue weighted by Gasteiger charge is 2.46. The fourth-order valence-corrected chi connectivity index (χ4v) is 6.52. The van der Waals surface area contributed by atoms with E-state index in [-0.39, 0.29) is 42.3 Å². The number of amides is 1. The number of hydrogen-bond acceptors (Lipinski definition) is 9. The molecule has 3 atom stereocenters. The minimum absolute atomic E-state index is 0.0317. The zero-order valence-corrected chi connectivity index (χ0v) is 25.3. The Hall–Kier alpha value is -3.15. The van der Waals surface area contributed by atoms with E-state index in [2.05, 4.69) is 15.2 Å². The average Bonchev–Trinajstić information content (AvgIpc) is 3.74. The molecular formula is C30H37ClFN5O5. The number of carbonyl (C=O) groups excluding carboxylic acids is 1. The lowest BCUT2D eigenvalue weighted by Gasteiger charge is -2.43. The molecule has 0 radical (unpaired) electrons. The van der Waals surface area contributed by atoms with Crippen LogP contribution in [0.15, 0.2) is 23.3 Å². The van der Waals surface area contributed by atoms with E-state index in [4.69, 9.17) is 35.5 Å². The van der Waals surface area contributed by atoms with Gasteiger partial charge in [0.25, 0.3) is 0 Å². The van der Waals surface area contributed by atoms with E-state index in [1.165, 1.54) is 14.2 Å². The summed E-state index contributed by atoms with van der Waals surface area (Å²) >= 11 is 6.70. The number of likely N-dealkylation sites (tertiary alicyclic amines) is 1. The Morgan fingerprint density at radius 2 is 1.83 bits per heavy atom. The average molecular weight is 602 g/mol. The van der Waals surface area contributed by atoms with Crippen molar-refractivity contribution in [1.29, 1.82) is 0 Å². The number of carbonyl (C=O) groups is 1. The molecule has 1 amide bonds. The number of pyridine rings is 1. The molecule has 2 bridgehead atoms. The number of benzene rings is 1. The van der Waals surface area contributed by atoms with Gasteiger partial charge in [-0.05, 0) is 70.1 Å². The number of halogens is 2. The second kappa shape index (κ2) is 11.2. The Kier molecular flexibility index (Phi) is 7.69. The molecule has 1 N–H and O–H groups in total. The smallest absolute Gasteiger partial charge is 0.410 e. The SMILES string of the molecule is COCOc1cc(Cl)c(C2CC2)c(-c2ncc3c(c2F)NC(OC)N=C3N2CC3CCC(C2)N3C(=O)OC(C)(C)C)c1. The van der Waals surface area contributed by atoms with Crippen molar-refractivity contribution < 1.29 is 28.1 Å². The van der Waals surface area contributed by atoms with Gasteiger partial charge in [0.2, 0.25) is 6.35 Å². The molecule has 2 aromatic rings. The normalized spacial score (nSPS) is 23.3. The van der Waals surface area contributed by atoms with Gasteiger partial charge in [-0.15, -0.1) is 0 Å². The second-order valence-corrected chi connectivity index (χ2v) is 12.7. The zero-order chi connectivity index (χ0) is 29.8. The van der Waals surface area contributed by atoms with Gasteiger partial charge in [0.15, 0.2) is 12.6 Å². The molecule has 10 nitrogen and oxygen atoms in total. The fraction of sp³-hybridized carbons (Fsp3) is 0.567. The third-order valence-electron chi connectivity index (χ3n) is 8.06. The Morgan fingerprint density at radius 3 is 2.45 bits per heavy atom. The highest BCUT2D eigenvalue weighted by molar-refractivity contribution is 6.32. The van der Waals surface area contributed by atoms with Gasteiger partial charge in [0.05, 0.1) is 23.3 Å². The number of amidine groups is 1. The Balaban J connectivity index is 1.34. The standard InChI is InChI=1S/C30H37ClFN5O5/c1-30(2,3)42-29(38)37-17-8-9-18(37)14-36(13-17)27-21-12-33-25(24(32)26(21)34-28(35-27)40-5)20-10-19(41-15-39-4)11-22(31)23(20)16-6-7-16/h10-12,16-18,28,34H,6-9,13-15H2,1-5H3. The first kappa shape index (κ1) is 28.9. The topological polar surface area (TPSA) is 97.7 Å². The van der Waals surface area contributed by atoms with Crippen LogP contribution < -0.4 is 10.1 Å². The van der Waals surface area contributed by atoms with E-state index in [1.54, 1.807) is 18.3 Å². The number of hydrogen-bond donors (Lipinski definition) is 1. The fourth-order valence-electron chi connectivity index (χ4n) is 6.16. The molecule has 4 aliphatic rings. The second-order valence-electron chi connectivity index (χ2n) is 12.3. The summed E-state index contributed by atoms with van der Waals surface area (Å²) in [6.45, 7) is 6.75. The lowest BCUT2D eigenvalue weighted by molar-refractivity contribution is 0.00263. The highest BCUT2D eigenvalue weighted by atomic mass is 35.5. The molecule has 42 heavy (non-hydrogen) atoms. The number of aromatic nitrogens is 1. The molecule has 12 heteroatoms. The van der Waals surface area contributed by atoms with Crippen LogP contribution in [0.4, 0.5) is 14.9 Å². The number of aliphatic imine (C=N–C) groups is 1. The van der Waals surface area contributed by atoms with Crippen LogP contribution in [0.3, 0.4) is 0 Å². The molecule has 1 aliphatic carbocycles. The molecular weight excluding hydrogens is 565 g/mol. The molecule has 0 spiro atoms. The molecule has 1 aromatic heterocycles. The van der Waals surface area contributed by atoms with Crippen LogP contribution in [-0.2, 0) is 14.2 Å². The number of rotatable bonds is 6. The summed E-state index contributed by atoms with van der Waals surface area (Å²) in [6, 6.07) is 3.45. The first-order valence-corrected chi connectivity index (χ1v) is 14.7. The maximum absolute atomic E-state index is 16.5. The van der Waals surface area contributed by atoms with Crippen LogP contribution in [0.5, 0.6) is 5.75 Å². The van der Waals surface area contributed by atoms with Crippen molar-refractivity contribution in [2.75, 3.05) is 39.4 Å². The summed E-state index contributed by atoms with van der Waals surface area (Å²) < 4.78 is 38.5. The predicted octanol–water partition coefficient (Wildman–Crippen LogP) is 5.59. The maximum atomic E-state index is 16.5. The van der Waals surface area contributed by atoms with E-state index >= 15 is 4.39 Å². The van der Waals surface area contributed by atoms with Crippen molar-refractivity contribution in [1.82, 2.24) is 14.8 Å². The quantitative estimate of drug-likeness (QED) is 0.428. The van der Waals surface area contributed by atoms with E-state index in [0.29, 0.717) is 40.8 Å². The van der Waals surface area contributed by atoms with Gasteiger partial charge in [-0.25, -0.2) is 14.2 Å². The molecule has 4 heterocycles. The summed E-state index contributed by atoms with van der Waals surface area (Å²) in [5, 5.41) is 3.61. The monoisotopic (exact) mass is 601 g/mol. The number of piperazine rings is 1. The van der Waals surface area contributed by atoms with Crippen LogP contribution in [0, 0.1) is 5.82 Å². The van der Waals surface area contributed by atoms with Crippen LogP contribution in [0.1, 0.15) is 63.5 Å². The number of anilines is 1. The maximum Gasteiger partial charge on any atom is 0.410 e.